The molecule has 11 rings (SSSR count). The molecule has 0 bridgehead atoms. The van der Waals surface area contributed by atoms with E-state index in [4.69, 9.17) is 29.7 Å². The van der Waals surface area contributed by atoms with Crippen molar-refractivity contribution < 1.29 is 87.5 Å². The van der Waals surface area contributed by atoms with Gasteiger partial charge in [0.2, 0.25) is 23.6 Å². The number of rotatable bonds is 28. The number of aliphatic hydroxyl groups excluding tert-OH is 1. The first-order valence-electron chi connectivity index (χ1n) is 38.9. The average Bonchev–Trinajstić information content (AvgIpc) is 1.57. The predicted molar refractivity (Wildman–Crippen MR) is 444 cm³/mol. The number of aliphatic imine (C=N–C) groups is 1. The van der Waals surface area contributed by atoms with Crippen LogP contribution in [0.25, 0.3) is 0 Å². The summed E-state index contributed by atoms with van der Waals surface area (Å²) in [5.74, 6) is -0.154. The van der Waals surface area contributed by atoms with Crippen molar-refractivity contribution in [2.45, 2.75) is 202 Å². The highest BCUT2D eigenvalue weighted by Crippen LogP contribution is 2.48. The number of aldehydes is 1. The van der Waals surface area contributed by atoms with E-state index in [0.29, 0.717) is 91.3 Å². The maximum Gasteiger partial charge on any atom is 0.416 e. The number of hydrogen-bond acceptors (Lipinski definition) is 13. The Morgan fingerprint density at radius 1 is 0.529 bits per heavy atom. The molecule has 119 heavy (non-hydrogen) atoms. The summed E-state index contributed by atoms with van der Waals surface area (Å²) in [6.45, 7) is 43.4. The van der Waals surface area contributed by atoms with Gasteiger partial charge in [-0.25, -0.2) is 0 Å². The summed E-state index contributed by atoms with van der Waals surface area (Å²) >= 11 is 0. The largest absolute Gasteiger partial charge is 0.416 e. The van der Waals surface area contributed by atoms with Crippen molar-refractivity contribution in [1.82, 2.24) is 26.2 Å². The lowest BCUT2D eigenvalue weighted by Crippen LogP contribution is -2.55. The number of amides is 4. The zero-order chi connectivity index (χ0) is 88.4. The zero-order valence-corrected chi connectivity index (χ0v) is 68.9. The number of fused-ring (bicyclic) bond motifs is 1. The lowest BCUT2D eigenvalue weighted by molar-refractivity contribution is -0.153. The number of carbonyl (C=O) groups is 5. The fraction of sp³-hybridized carbons (Fsp3) is 0.398. The second-order valence-corrected chi connectivity index (χ2v) is 31.8. The number of halogens is 9. The van der Waals surface area contributed by atoms with E-state index in [1.807, 2.05) is 112 Å². The predicted octanol–water partition coefficient (Wildman–Crippen LogP) is 18.1. The van der Waals surface area contributed by atoms with Crippen molar-refractivity contribution >= 4 is 36.1 Å². The molecule has 0 spiro atoms. The fourth-order valence-electron chi connectivity index (χ4n) is 14.3. The number of nitrogens with two attached hydrogens (primary N) is 1. The van der Waals surface area contributed by atoms with E-state index in [1.165, 1.54) is 6.08 Å². The Balaban J connectivity index is 0.000000216. The van der Waals surface area contributed by atoms with Gasteiger partial charge < -0.3 is 55.4 Å². The van der Waals surface area contributed by atoms with Gasteiger partial charge >= 0.3 is 18.5 Å². The molecular weight excluding hydrogens is 1550 g/mol. The van der Waals surface area contributed by atoms with Crippen molar-refractivity contribution in [3.8, 4) is 0 Å². The Morgan fingerprint density at radius 2 is 0.950 bits per heavy atom. The van der Waals surface area contributed by atoms with Crippen LogP contribution in [0.1, 0.15) is 178 Å². The van der Waals surface area contributed by atoms with E-state index in [1.54, 1.807) is 107 Å². The Hall–Kier alpha value is -10.2. The van der Waals surface area contributed by atoms with Crippen LogP contribution in [-0.2, 0) is 78.1 Å². The van der Waals surface area contributed by atoms with Crippen molar-refractivity contribution in [2.75, 3.05) is 26.4 Å². The Bertz CT molecular complexity index is 4600. The lowest BCUT2D eigenvalue weighted by Gasteiger charge is -2.37. The van der Waals surface area contributed by atoms with E-state index in [0.717, 1.165) is 59.4 Å². The molecule has 4 amide bonds. The van der Waals surface area contributed by atoms with Gasteiger partial charge in [-0.2, -0.15) is 39.5 Å². The van der Waals surface area contributed by atoms with Gasteiger partial charge in [0.15, 0.2) is 6.29 Å². The maximum atomic E-state index is 13.3. The maximum absolute atomic E-state index is 13.3. The van der Waals surface area contributed by atoms with Crippen LogP contribution in [0.5, 0.6) is 0 Å². The molecule has 5 saturated heterocycles. The van der Waals surface area contributed by atoms with Gasteiger partial charge in [-0.3, -0.25) is 29.5 Å². The monoisotopic (exact) mass is 1660 g/mol. The normalized spacial score (nSPS) is 23.1. The van der Waals surface area contributed by atoms with Crippen molar-refractivity contribution in [3.63, 3.8) is 0 Å². The third-order valence-electron chi connectivity index (χ3n) is 21.8. The highest BCUT2D eigenvalue weighted by atomic mass is 19.4. The summed E-state index contributed by atoms with van der Waals surface area (Å²) < 4.78 is 142. The standard InChI is InChI=1S/C27H31F3N2O2.C27H29F3N2O2.C20H22F3NO.C12H19NO3.C7H9NO2/c2*1-5-25(13-12-24(33)32-25)17-31-26(6-2,22-10-8-7-9-11-22)18-34-20(4)21-14-19(3)15-23(16-21)27(28,29)30;1-4-19(24,17-8-6-5-7-9-17)13-25-15(3)16-10-14(2)11-18(12-16)20(21,22)23;1-5-12-7-6-8(14)13(12)9(11(2,3)4)16-10(12)15;1-2-7(5-9)4-3-6(10)8-7/h5-11,14-16,20,31H,1-2,12-13,17-18H2,3-4H3,(H,32,33);5-11,14-17,20H,1-2,12-13,18H2,3-4H3,(H,32,33);4-12,15H,1,13,24H2,2-3H3;5,9-10,15H,1,6-7H2,2-4H3;2,5H,1,3-4H2,(H,8,10)/t2*20-,25+,26-;15-,19-;9-,10?,12+;7-/m11110/s1. The molecule has 5 aliphatic heterocycles. The molecule has 6 aromatic carbocycles. The highest BCUT2D eigenvalue weighted by molar-refractivity contribution is 5.89. The number of aliphatic hydroxyl groups is 1. The second-order valence-electron chi connectivity index (χ2n) is 31.8. The molecule has 7 N–H and O–H groups in total. The van der Waals surface area contributed by atoms with E-state index >= 15 is 0 Å². The number of nitrogens with zero attached hydrogens (tertiary/aromatic N) is 2. The number of hydrogen-bond donors (Lipinski definition) is 6. The number of benzene rings is 6. The van der Waals surface area contributed by atoms with Crippen LogP contribution in [0.15, 0.2) is 239 Å². The molecule has 5 fully saturated rings. The van der Waals surface area contributed by atoms with Crippen LogP contribution in [0, 0.1) is 26.2 Å². The molecule has 12 atom stereocenters. The molecule has 17 nitrogen and oxygen atoms in total. The summed E-state index contributed by atoms with van der Waals surface area (Å²) in [6, 6.07) is 40.1. The third-order valence-corrected chi connectivity index (χ3v) is 21.8. The van der Waals surface area contributed by atoms with Crippen molar-refractivity contribution in [3.05, 3.63) is 301 Å². The summed E-state index contributed by atoms with van der Waals surface area (Å²) in [4.78, 5) is 63.2. The molecule has 5 aliphatic rings. The Kier molecular flexibility index (Phi) is 32.1. The minimum atomic E-state index is -4.44. The Morgan fingerprint density at radius 3 is 1.31 bits per heavy atom. The van der Waals surface area contributed by atoms with Crippen LogP contribution in [-0.4, -0.2) is 107 Å². The number of nitrogens with one attached hydrogen (secondary N) is 4. The van der Waals surface area contributed by atoms with Gasteiger partial charge in [0.05, 0.1) is 77.0 Å². The molecule has 6 aromatic rings. The number of alkyl halides is 9. The second kappa shape index (κ2) is 39.8. The average molecular weight is 1660 g/mol. The van der Waals surface area contributed by atoms with Crippen LogP contribution in [0.3, 0.4) is 0 Å². The topological polar surface area (TPSA) is 232 Å². The molecule has 640 valence electrons. The minimum Gasteiger partial charge on any atom is -0.371 e. The Labute approximate surface area is 691 Å². The zero-order valence-electron chi connectivity index (χ0n) is 68.9. The van der Waals surface area contributed by atoms with Gasteiger partial charge in [0, 0.05) is 43.9 Å². The fourth-order valence-corrected chi connectivity index (χ4v) is 14.3. The van der Waals surface area contributed by atoms with Crippen LogP contribution >= 0.6 is 0 Å². The van der Waals surface area contributed by atoms with Gasteiger partial charge in [-0.15, -0.1) is 46.1 Å². The molecule has 0 aliphatic carbocycles. The van der Waals surface area contributed by atoms with Gasteiger partial charge in [0.25, 0.3) is 0 Å². The van der Waals surface area contributed by atoms with Crippen LogP contribution in [0.2, 0.25) is 0 Å². The first-order valence-corrected chi connectivity index (χ1v) is 38.9. The van der Waals surface area contributed by atoms with Crippen molar-refractivity contribution in [2.24, 2.45) is 16.1 Å². The van der Waals surface area contributed by atoms with E-state index < -0.39 is 98.6 Å². The smallest absolute Gasteiger partial charge is 0.371 e. The number of carbonyl (C=O) groups excluding carboxylic acids is 5. The first-order chi connectivity index (χ1) is 55.7. The summed E-state index contributed by atoms with van der Waals surface area (Å²) in [5, 5.41) is 21.9. The van der Waals surface area contributed by atoms with E-state index in [2.05, 4.69) is 67.3 Å². The van der Waals surface area contributed by atoms with Crippen molar-refractivity contribution in [1.29, 1.82) is 0 Å². The molecule has 1 unspecified atom stereocenters. The molecular formula is C93H110F9N7O10. The molecule has 0 saturated carbocycles. The summed E-state index contributed by atoms with van der Waals surface area (Å²) in [6.07, 6.45) is 1.46. The molecule has 0 aromatic heterocycles. The minimum absolute atomic E-state index is 0.0320. The third kappa shape index (κ3) is 24.3. The molecule has 0 radical (unpaired) electrons. The molecule has 26 heteroatoms. The number of ether oxygens (including phenoxy) is 4. The van der Waals surface area contributed by atoms with Crippen LogP contribution in [0.4, 0.5) is 39.5 Å². The van der Waals surface area contributed by atoms with Gasteiger partial charge in [-0.05, 0) is 137 Å². The highest BCUT2D eigenvalue weighted by Gasteiger charge is 2.60. The van der Waals surface area contributed by atoms with E-state index in [-0.39, 0.29) is 55.1 Å². The summed E-state index contributed by atoms with van der Waals surface area (Å²) in [7, 11) is 0. The van der Waals surface area contributed by atoms with Gasteiger partial charge in [0.1, 0.15) is 29.1 Å². The van der Waals surface area contributed by atoms with Crippen LogP contribution < -0.4 is 27.0 Å². The SMILES string of the molecule is C=C[C@@](N)(CO[C@H](C)c1cc(C)cc(C(F)(F)F)c1)c1ccccc1.C=C[C@@]1(C=N[C@](C=C)(CO[C@H](C)c2cc(C)cc(C(F)(F)F)c2)c2ccccc2)CCC(=O)N1.C=C[C@@]1(C=O)CCC(=O)N1.C=C[C@@]1(CN[C@](C=C)(CO[C@H](C)c2cc(C)cc(C(F)(F)F)c2)c2ccccc2)CCC(=O)N1.C=C[C@@]12CCC(=O)N1[C@@H](C(C)(C)C)OC2O. The summed E-state index contributed by atoms with van der Waals surface area (Å²) in [5.41, 5.74) is 3.85. The quantitative estimate of drug-likeness (QED) is 0.0117. The molecule has 5 heterocycles. The number of aryl methyl sites for hydroxylation is 3. The van der Waals surface area contributed by atoms with E-state index in [9.17, 15) is 68.6 Å². The first kappa shape index (κ1) is 95.9. The van der Waals surface area contributed by atoms with Gasteiger partial charge in [-0.1, -0.05) is 189 Å². The lowest BCUT2D eigenvalue weighted by atomic mass is 9.88.